The van der Waals surface area contributed by atoms with Crippen LogP contribution >= 0.6 is 0 Å². The molecule has 1 aromatic carbocycles. The molecule has 0 unspecified atom stereocenters. The maximum absolute atomic E-state index is 11.7. The van der Waals surface area contributed by atoms with Gasteiger partial charge in [0.15, 0.2) is 11.5 Å². The highest BCUT2D eigenvalue weighted by Crippen LogP contribution is 2.27. The SMILES string of the molecule is C/C=C/CCNC(=O)Cc1ccc(OC)c(OC)c1. The molecule has 0 aliphatic carbocycles. The fraction of sp³-hybridized carbons (Fsp3) is 0.400. The Morgan fingerprint density at radius 1 is 1.26 bits per heavy atom. The minimum Gasteiger partial charge on any atom is -0.493 e. The van der Waals surface area contributed by atoms with E-state index in [1.807, 2.05) is 31.2 Å². The van der Waals surface area contributed by atoms with Crippen molar-refractivity contribution in [2.45, 2.75) is 19.8 Å². The third-order valence-electron chi connectivity index (χ3n) is 2.68. The first-order valence-electron chi connectivity index (χ1n) is 6.30. The number of carbonyl (C=O) groups is 1. The maximum atomic E-state index is 11.7. The standard InChI is InChI=1S/C15H21NO3/c1-4-5-6-9-16-15(17)11-12-7-8-13(18-2)14(10-12)19-3/h4-5,7-8,10H,6,9,11H2,1-3H3,(H,16,17)/b5-4+. The van der Waals surface area contributed by atoms with Crippen molar-refractivity contribution in [3.05, 3.63) is 35.9 Å². The van der Waals surface area contributed by atoms with Crippen LogP contribution in [0, 0.1) is 0 Å². The second-order valence-corrected chi connectivity index (χ2v) is 4.07. The van der Waals surface area contributed by atoms with Crippen LogP contribution in [0.1, 0.15) is 18.9 Å². The summed E-state index contributed by atoms with van der Waals surface area (Å²) in [6.07, 6.45) is 5.20. The molecule has 4 heteroatoms. The number of methoxy groups -OCH3 is 2. The third kappa shape index (κ3) is 5.04. The fourth-order valence-electron chi connectivity index (χ4n) is 1.70. The van der Waals surface area contributed by atoms with Gasteiger partial charge in [0.05, 0.1) is 20.6 Å². The molecule has 0 atom stereocenters. The Balaban J connectivity index is 2.54. The first-order valence-corrected chi connectivity index (χ1v) is 6.30. The quantitative estimate of drug-likeness (QED) is 0.606. The number of allylic oxidation sites excluding steroid dienone is 1. The molecule has 0 aliphatic rings. The molecule has 0 fully saturated rings. The van der Waals surface area contributed by atoms with Gasteiger partial charge in [-0.1, -0.05) is 18.2 Å². The molecule has 0 radical (unpaired) electrons. The molecule has 1 aromatic rings. The van der Waals surface area contributed by atoms with Gasteiger partial charge in [-0.2, -0.15) is 0 Å². The topological polar surface area (TPSA) is 47.6 Å². The van der Waals surface area contributed by atoms with Crippen molar-refractivity contribution in [3.63, 3.8) is 0 Å². The van der Waals surface area contributed by atoms with E-state index in [1.165, 1.54) is 0 Å². The summed E-state index contributed by atoms with van der Waals surface area (Å²) in [7, 11) is 3.17. The van der Waals surface area contributed by atoms with Gasteiger partial charge in [-0.05, 0) is 31.0 Å². The van der Waals surface area contributed by atoms with Crippen molar-refractivity contribution in [2.75, 3.05) is 20.8 Å². The zero-order chi connectivity index (χ0) is 14.1. The minimum atomic E-state index is 0.0109. The van der Waals surface area contributed by atoms with Gasteiger partial charge in [-0.15, -0.1) is 0 Å². The van der Waals surface area contributed by atoms with Crippen LogP contribution in [0.4, 0.5) is 0 Å². The summed E-state index contributed by atoms with van der Waals surface area (Å²) in [6.45, 7) is 2.63. The smallest absolute Gasteiger partial charge is 0.224 e. The molecule has 4 nitrogen and oxygen atoms in total. The lowest BCUT2D eigenvalue weighted by Gasteiger charge is -2.09. The van der Waals surface area contributed by atoms with Gasteiger partial charge < -0.3 is 14.8 Å². The van der Waals surface area contributed by atoms with Crippen LogP contribution in [0.5, 0.6) is 11.5 Å². The van der Waals surface area contributed by atoms with Gasteiger partial charge in [0.25, 0.3) is 0 Å². The Morgan fingerprint density at radius 2 is 2.00 bits per heavy atom. The van der Waals surface area contributed by atoms with E-state index in [0.29, 0.717) is 24.5 Å². The van der Waals surface area contributed by atoms with Crippen LogP contribution in [0.15, 0.2) is 30.4 Å². The first-order chi connectivity index (χ1) is 9.21. The van der Waals surface area contributed by atoms with Gasteiger partial charge >= 0.3 is 0 Å². The Hall–Kier alpha value is -1.97. The van der Waals surface area contributed by atoms with Gasteiger partial charge in [0.1, 0.15) is 0 Å². The molecule has 0 heterocycles. The summed E-state index contributed by atoms with van der Waals surface area (Å²) in [5.74, 6) is 1.32. The predicted octanol–water partition coefficient (Wildman–Crippen LogP) is 2.33. The molecule has 0 saturated carbocycles. The lowest BCUT2D eigenvalue weighted by molar-refractivity contribution is -0.120. The molecular formula is C15H21NO3. The van der Waals surface area contributed by atoms with Crippen molar-refractivity contribution in [3.8, 4) is 11.5 Å². The number of amides is 1. The molecule has 1 amide bonds. The first kappa shape index (κ1) is 15.1. The lowest BCUT2D eigenvalue weighted by Crippen LogP contribution is -2.25. The zero-order valence-electron chi connectivity index (χ0n) is 11.7. The van der Waals surface area contributed by atoms with Crippen LogP contribution in [-0.4, -0.2) is 26.7 Å². The molecule has 0 spiro atoms. The monoisotopic (exact) mass is 263 g/mol. The van der Waals surface area contributed by atoms with E-state index in [2.05, 4.69) is 5.32 Å². The number of rotatable bonds is 7. The van der Waals surface area contributed by atoms with E-state index >= 15 is 0 Å². The average Bonchev–Trinajstić information content (AvgIpc) is 2.43. The molecular weight excluding hydrogens is 242 g/mol. The molecule has 0 saturated heterocycles. The number of nitrogens with one attached hydrogen (secondary N) is 1. The molecule has 1 rings (SSSR count). The van der Waals surface area contributed by atoms with E-state index in [9.17, 15) is 4.79 Å². The summed E-state index contributed by atoms with van der Waals surface area (Å²) in [5.41, 5.74) is 0.904. The highest BCUT2D eigenvalue weighted by Gasteiger charge is 2.07. The Kier molecular flexibility index (Phi) is 6.50. The molecule has 104 valence electrons. The third-order valence-corrected chi connectivity index (χ3v) is 2.68. The van der Waals surface area contributed by atoms with Crippen LogP contribution in [0.3, 0.4) is 0 Å². The second-order valence-electron chi connectivity index (χ2n) is 4.07. The summed E-state index contributed by atoms with van der Waals surface area (Å²) in [4.78, 5) is 11.7. The molecule has 0 aromatic heterocycles. The Labute approximate surface area is 114 Å². The Morgan fingerprint density at radius 3 is 2.63 bits per heavy atom. The number of benzene rings is 1. The summed E-state index contributed by atoms with van der Waals surface area (Å²) in [5, 5.41) is 2.87. The molecule has 0 aliphatic heterocycles. The molecule has 1 N–H and O–H groups in total. The second kappa shape index (κ2) is 8.19. The summed E-state index contributed by atoms with van der Waals surface area (Å²) in [6, 6.07) is 5.50. The van der Waals surface area contributed by atoms with E-state index in [0.717, 1.165) is 12.0 Å². The van der Waals surface area contributed by atoms with E-state index in [4.69, 9.17) is 9.47 Å². The highest BCUT2D eigenvalue weighted by molar-refractivity contribution is 5.78. The maximum Gasteiger partial charge on any atom is 0.224 e. The average molecular weight is 263 g/mol. The van der Waals surface area contributed by atoms with Crippen molar-refractivity contribution in [1.82, 2.24) is 5.32 Å². The Bertz CT molecular complexity index is 441. The number of ether oxygens (including phenoxy) is 2. The lowest BCUT2D eigenvalue weighted by atomic mass is 10.1. The van der Waals surface area contributed by atoms with Gasteiger partial charge in [-0.3, -0.25) is 4.79 Å². The van der Waals surface area contributed by atoms with Crippen molar-refractivity contribution < 1.29 is 14.3 Å². The fourth-order valence-corrected chi connectivity index (χ4v) is 1.70. The van der Waals surface area contributed by atoms with Crippen molar-refractivity contribution >= 4 is 5.91 Å². The van der Waals surface area contributed by atoms with Gasteiger partial charge in [-0.25, -0.2) is 0 Å². The largest absolute Gasteiger partial charge is 0.493 e. The zero-order valence-corrected chi connectivity index (χ0v) is 11.7. The predicted molar refractivity (Wildman–Crippen MR) is 75.7 cm³/mol. The number of hydrogen-bond acceptors (Lipinski definition) is 3. The summed E-state index contributed by atoms with van der Waals surface area (Å²) < 4.78 is 10.4. The van der Waals surface area contributed by atoms with Crippen molar-refractivity contribution in [2.24, 2.45) is 0 Å². The van der Waals surface area contributed by atoms with E-state index in [-0.39, 0.29) is 5.91 Å². The molecule has 0 bridgehead atoms. The highest BCUT2D eigenvalue weighted by atomic mass is 16.5. The number of hydrogen-bond donors (Lipinski definition) is 1. The normalized spacial score (nSPS) is 10.5. The van der Waals surface area contributed by atoms with E-state index < -0.39 is 0 Å². The van der Waals surface area contributed by atoms with E-state index in [1.54, 1.807) is 20.3 Å². The summed E-state index contributed by atoms with van der Waals surface area (Å²) >= 11 is 0. The van der Waals surface area contributed by atoms with Crippen LogP contribution in [0.2, 0.25) is 0 Å². The van der Waals surface area contributed by atoms with Crippen LogP contribution in [-0.2, 0) is 11.2 Å². The van der Waals surface area contributed by atoms with Crippen LogP contribution in [0.25, 0.3) is 0 Å². The van der Waals surface area contributed by atoms with Gasteiger partial charge in [0.2, 0.25) is 5.91 Å². The minimum absolute atomic E-state index is 0.0109. The van der Waals surface area contributed by atoms with Crippen molar-refractivity contribution in [1.29, 1.82) is 0 Å². The van der Waals surface area contributed by atoms with Crippen LogP contribution < -0.4 is 14.8 Å². The number of carbonyl (C=O) groups excluding carboxylic acids is 1. The molecule has 19 heavy (non-hydrogen) atoms. The van der Waals surface area contributed by atoms with Gasteiger partial charge in [0, 0.05) is 6.54 Å².